The molecular weight excluding hydrogens is 404 g/mol. The normalized spacial score (nSPS) is 14.1. The van der Waals surface area contributed by atoms with Crippen LogP contribution >= 0.6 is 15.9 Å². The van der Waals surface area contributed by atoms with Crippen molar-refractivity contribution in [2.75, 3.05) is 16.2 Å². The van der Waals surface area contributed by atoms with Gasteiger partial charge >= 0.3 is 0 Å². The van der Waals surface area contributed by atoms with Gasteiger partial charge in [-0.2, -0.15) is 0 Å². The largest absolute Gasteiger partial charge is 0.312 e. The van der Waals surface area contributed by atoms with Crippen LogP contribution in [-0.4, -0.2) is 20.9 Å². The zero-order chi connectivity index (χ0) is 18.0. The van der Waals surface area contributed by atoms with Gasteiger partial charge in [0.15, 0.2) is 0 Å². The highest BCUT2D eigenvalue weighted by Gasteiger charge is 2.23. The molecule has 7 heteroatoms. The van der Waals surface area contributed by atoms with E-state index in [4.69, 9.17) is 0 Å². The average Bonchev–Trinajstić information content (AvgIpc) is 2.60. The van der Waals surface area contributed by atoms with Crippen LogP contribution in [0.5, 0.6) is 0 Å². The lowest BCUT2D eigenvalue weighted by molar-refractivity contribution is -0.118. The Balaban J connectivity index is 1.95. The second-order valence-corrected chi connectivity index (χ2v) is 8.39. The Bertz CT molecular complexity index is 912. The van der Waals surface area contributed by atoms with Crippen molar-refractivity contribution in [3.05, 3.63) is 52.5 Å². The van der Waals surface area contributed by atoms with Crippen LogP contribution in [0.2, 0.25) is 0 Å². The molecule has 0 aliphatic carbocycles. The van der Waals surface area contributed by atoms with Crippen molar-refractivity contribution in [2.45, 2.75) is 31.1 Å². The van der Waals surface area contributed by atoms with Gasteiger partial charge in [-0.25, -0.2) is 8.42 Å². The minimum atomic E-state index is -3.71. The molecule has 1 aliphatic rings. The van der Waals surface area contributed by atoms with E-state index in [1.165, 1.54) is 6.07 Å². The van der Waals surface area contributed by atoms with E-state index in [0.29, 0.717) is 23.1 Å². The van der Waals surface area contributed by atoms with Gasteiger partial charge in [0.1, 0.15) is 4.90 Å². The van der Waals surface area contributed by atoms with Gasteiger partial charge in [0, 0.05) is 23.1 Å². The molecule has 0 atom stereocenters. The number of amides is 1. The highest BCUT2D eigenvalue weighted by molar-refractivity contribution is 9.10. The van der Waals surface area contributed by atoms with E-state index in [9.17, 15) is 13.2 Å². The van der Waals surface area contributed by atoms with Crippen LogP contribution in [0.15, 0.2) is 51.8 Å². The van der Waals surface area contributed by atoms with E-state index >= 15 is 0 Å². The monoisotopic (exact) mass is 422 g/mol. The first-order valence-electron chi connectivity index (χ1n) is 8.13. The lowest BCUT2D eigenvalue weighted by Crippen LogP contribution is -2.35. The predicted octanol–water partition coefficient (Wildman–Crippen LogP) is 3.94. The molecule has 1 N–H and O–H groups in total. The Hall–Kier alpha value is -1.86. The average molecular weight is 423 g/mol. The summed E-state index contributed by atoms with van der Waals surface area (Å²) in [5.41, 5.74) is 2.31. The zero-order valence-electron chi connectivity index (χ0n) is 13.8. The van der Waals surface area contributed by atoms with Gasteiger partial charge in [-0.05, 0) is 58.6 Å². The molecule has 1 heterocycles. The summed E-state index contributed by atoms with van der Waals surface area (Å²) in [6.45, 7) is 2.50. The Kier molecular flexibility index (Phi) is 5.15. The number of carbonyl (C=O) groups is 1. The van der Waals surface area contributed by atoms with Crippen LogP contribution in [0, 0.1) is 0 Å². The second kappa shape index (κ2) is 7.17. The van der Waals surface area contributed by atoms with Crippen molar-refractivity contribution in [3.63, 3.8) is 0 Å². The van der Waals surface area contributed by atoms with Crippen LogP contribution in [-0.2, 0) is 21.2 Å². The number of aryl methyl sites for hydroxylation is 1. The third-order valence-electron chi connectivity index (χ3n) is 4.19. The van der Waals surface area contributed by atoms with E-state index in [1.807, 2.05) is 13.0 Å². The predicted molar refractivity (Wildman–Crippen MR) is 102 cm³/mol. The lowest BCUT2D eigenvalue weighted by atomic mass is 10.0. The van der Waals surface area contributed by atoms with Gasteiger partial charge in [-0.15, -0.1) is 0 Å². The smallest absolute Gasteiger partial charge is 0.263 e. The minimum absolute atomic E-state index is 0.0479. The molecule has 3 rings (SSSR count). The number of anilines is 2. The number of halogens is 1. The van der Waals surface area contributed by atoms with Crippen molar-refractivity contribution < 1.29 is 13.2 Å². The number of sulfonamides is 1. The molecule has 0 radical (unpaired) electrons. The van der Waals surface area contributed by atoms with Gasteiger partial charge in [-0.3, -0.25) is 9.52 Å². The molecule has 1 amide bonds. The van der Waals surface area contributed by atoms with Crippen LogP contribution < -0.4 is 9.62 Å². The minimum Gasteiger partial charge on any atom is -0.312 e. The summed E-state index contributed by atoms with van der Waals surface area (Å²) in [5, 5.41) is 0. The van der Waals surface area contributed by atoms with Gasteiger partial charge < -0.3 is 4.90 Å². The van der Waals surface area contributed by atoms with Crippen LogP contribution in [0.1, 0.15) is 25.3 Å². The van der Waals surface area contributed by atoms with Gasteiger partial charge in [0.2, 0.25) is 5.91 Å². The number of carbonyl (C=O) groups excluding carboxylic acids is 1. The quantitative estimate of drug-likeness (QED) is 0.810. The highest BCUT2D eigenvalue weighted by Crippen LogP contribution is 2.32. The van der Waals surface area contributed by atoms with Crippen molar-refractivity contribution in [2.24, 2.45) is 0 Å². The SMILES string of the molecule is CCC(=O)N1CCCc2ccc(NS(=O)(=O)c3ccccc3Br)cc21. The maximum absolute atomic E-state index is 12.6. The second-order valence-electron chi connectivity index (χ2n) is 5.88. The Morgan fingerprint density at radius 3 is 2.72 bits per heavy atom. The van der Waals surface area contributed by atoms with E-state index < -0.39 is 10.0 Å². The van der Waals surface area contributed by atoms with Gasteiger partial charge in [0.25, 0.3) is 10.0 Å². The Labute approximate surface area is 156 Å². The first-order chi connectivity index (χ1) is 11.9. The molecule has 0 fully saturated rings. The third kappa shape index (κ3) is 3.72. The summed E-state index contributed by atoms with van der Waals surface area (Å²) in [6.07, 6.45) is 2.23. The molecule has 0 spiro atoms. The van der Waals surface area contributed by atoms with E-state index in [1.54, 1.807) is 35.2 Å². The molecule has 0 unspecified atom stereocenters. The van der Waals surface area contributed by atoms with Crippen LogP contribution in [0.25, 0.3) is 0 Å². The fraction of sp³-hybridized carbons (Fsp3) is 0.278. The first-order valence-corrected chi connectivity index (χ1v) is 10.4. The number of nitrogens with one attached hydrogen (secondary N) is 1. The molecule has 0 bridgehead atoms. The van der Waals surface area contributed by atoms with Crippen LogP contribution in [0.4, 0.5) is 11.4 Å². The molecule has 0 aromatic heterocycles. The summed E-state index contributed by atoms with van der Waals surface area (Å²) in [4.78, 5) is 14.1. The Morgan fingerprint density at radius 1 is 1.24 bits per heavy atom. The Morgan fingerprint density at radius 2 is 2.00 bits per heavy atom. The maximum atomic E-state index is 12.6. The molecular formula is C18H19BrN2O3S. The summed E-state index contributed by atoms with van der Waals surface area (Å²) < 4.78 is 28.4. The molecule has 132 valence electrons. The standard InChI is InChI=1S/C18H19BrN2O3S/c1-2-18(22)21-11-5-6-13-9-10-14(12-16(13)21)20-25(23,24)17-8-4-3-7-15(17)19/h3-4,7-10,12,20H,2,5-6,11H2,1H3. The van der Waals surface area contributed by atoms with Crippen molar-refractivity contribution in [1.82, 2.24) is 0 Å². The summed E-state index contributed by atoms with van der Waals surface area (Å²) >= 11 is 3.27. The molecule has 2 aromatic rings. The van der Waals surface area contributed by atoms with E-state index in [2.05, 4.69) is 20.7 Å². The zero-order valence-corrected chi connectivity index (χ0v) is 16.2. The van der Waals surface area contributed by atoms with Crippen molar-refractivity contribution in [1.29, 1.82) is 0 Å². The fourth-order valence-corrected chi connectivity index (χ4v) is 5.01. The van der Waals surface area contributed by atoms with Crippen molar-refractivity contribution >= 4 is 43.2 Å². The van der Waals surface area contributed by atoms with Crippen LogP contribution in [0.3, 0.4) is 0 Å². The number of benzene rings is 2. The maximum Gasteiger partial charge on any atom is 0.263 e. The molecule has 0 saturated carbocycles. The first kappa shape index (κ1) is 17.9. The summed E-state index contributed by atoms with van der Waals surface area (Å²) in [5.74, 6) is 0.0479. The summed E-state index contributed by atoms with van der Waals surface area (Å²) in [7, 11) is -3.71. The molecule has 2 aromatic carbocycles. The number of fused-ring (bicyclic) bond motifs is 1. The van der Waals surface area contributed by atoms with Gasteiger partial charge in [-0.1, -0.05) is 25.1 Å². The van der Waals surface area contributed by atoms with E-state index in [0.717, 1.165) is 24.1 Å². The molecule has 5 nitrogen and oxygen atoms in total. The summed E-state index contributed by atoms with van der Waals surface area (Å²) in [6, 6.07) is 12.0. The fourth-order valence-electron chi connectivity index (χ4n) is 2.96. The number of hydrogen-bond acceptors (Lipinski definition) is 3. The third-order valence-corrected chi connectivity index (χ3v) is 6.58. The number of hydrogen-bond donors (Lipinski definition) is 1. The topological polar surface area (TPSA) is 66.5 Å². The lowest BCUT2D eigenvalue weighted by Gasteiger charge is -2.30. The molecule has 25 heavy (non-hydrogen) atoms. The van der Waals surface area contributed by atoms with Gasteiger partial charge in [0.05, 0.1) is 5.69 Å². The van der Waals surface area contributed by atoms with E-state index in [-0.39, 0.29) is 10.8 Å². The number of rotatable bonds is 4. The highest BCUT2D eigenvalue weighted by atomic mass is 79.9. The van der Waals surface area contributed by atoms with Crippen molar-refractivity contribution in [3.8, 4) is 0 Å². The molecule has 0 saturated heterocycles. The number of nitrogens with zero attached hydrogens (tertiary/aromatic N) is 1. The molecule has 1 aliphatic heterocycles.